The molecule has 1 unspecified atom stereocenters. The Balaban J connectivity index is 1.75. The van der Waals surface area contributed by atoms with Crippen molar-refractivity contribution in [1.82, 2.24) is 0 Å². The van der Waals surface area contributed by atoms with Gasteiger partial charge in [-0.25, -0.2) is 0 Å². The van der Waals surface area contributed by atoms with E-state index in [1.165, 1.54) is 5.56 Å². The second kappa shape index (κ2) is 5.63. The molecule has 104 valence electrons. The van der Waals surface area contributed by atoms with Gasteiger partial charge in [-0.15, -0.1) is 0 Å². The Kier molecular flexibility index (Phi) is 3.70. The molecule has 1 heterocycles. The number of ether oxygens (including phenoxy) is 2. The van der Waals surface area contributed by atoms with E-state index >= 15 is 0 Å². The molecule has 2 aromatic rings. The first-order valence-electron chi connectivity index (χ1n) is 6.63. The molecule has 2 N–H and O–H groups in total. The highest BCUT2D eigenvalue weighted by molar-refractivity contribution is 6.30. The van der Waals surface area contributed by atoms with Gasteiger partial charge in [0.1, 0.15) is 11.5 Å². The van der Waals surface area contributed by atoms with Crippen LogP contribution in [0.1, 0.15) is 17.9 Å². The zero-order valence-electron chi connectivity index (χ0n) is 11.0. The molecule has 0 fully saturated rings. The Hall–Kier alpha value is -1.87. The Morgan fingerprint density at radius 1 is 1.25 bits per heavy atom. The number of rotatable bonds is 3. The van der Waals surface area contributed by atoms with E-state index in [0.29, 0.717) is 29.0 Å². The SMILES string of the molecule is Nc1ccc(Cl)cc1OCC1CCOc2ccccc21. The Bertz CT molecular complexity index is 615. The van der Waals surface area contributed by atoms with Crippen molar-refractivity contribution >= 4 is 17.3 Å². The van der Waals surface area contributed by atoms with E-state index in [-0.39, 0.29) is 0 Å². The normalized spacial score (nSPS) is 17.1. The number of hydrogen-bond donors (Lipinski definition) is 1. The van der Waals surface area contributed by atoms with Gasteiger partial charge < -0.3 is 15.2 Å². The quantitative estimate of drug-likeness (QED) is 0.873. The fourth-order valence-corrected chi connectivity index (χ4v) is 2.57. The van der Waals surface area contributed by atoms with Crippen LogP contribution in [0.25, 0.3) is 0 Å². The van der Waals surface area contributed by atoms with E-state index in [2.05, 4.69) is 6.07 Å². The third-order valence-electron chi connectivity index (χ3n) is 3.50. The van der Waals surface area contributed by atoms with E-state index in [4.69, 9.17) is 26.8 Å². The minimum atomic E-state index is 0.318. The van der Waals surface area contributed by atoms with Gasteiger partial charge in [0.25, 0.3) is 0 Å². The van der Waals surface area contributed by atoms with Gasteiger partial charge in [0.15, 0.2) is 0 Å². The summed E-state index contributed by atoms with van der Waals surface area (Å²) in [7, 11) is 0. The molecular formula is C16H16ClNO2. The van der Waals surface area contributed by atoms with Crippen LogP contribution in [0.15, 0.2) is 42.5 Å². The smallest absolute Gasteiger partial charge is 0.143 e. The lowest BCUT2D eigenvalue weighted by molar-refractivity contribution is 0.218. The molecule has 0 saturated heterocycles. The number of nitrogen functional groups attached to an aromatic ring is 1. The zero-order chi connectivity index (χ0) is 13.9. The zero-order valence-corrected chi connectivity index (χ0v) is 11.8. The highest BCUT2D eigenvalue weighted by atomic mass is 35.5. The van der Waals surface area contributed by atoms with Crippen LogP contribution >= 0.6 is 11.6 Å². The summed E-state index contributed by atoms with van der Waals surface area (Å²) in [5.41, 5.74) is 7.69. The lowest BCUT2D eigenvalue weighted by Gasteiger charge is -2.26. The Labute approximate surface area is 123 Å². The van der Waals surface area contributed by atoms with Gasteiger partial charge in [-0.3, -0.25) is 0 Å². The molecule has 0 radical (unpaired) electrons. The highest BCUT2D eigenvalue weighted by Gasteiger charge is 2.21. The third kappa shape index (κ3) is 2.68. The molecule has 0 spiro atoms. The van der Waals surface area contributed by atoms with Crippen LogP contribution in [0.3, 0.4) is 0 Å². The second-order valence-corrected chi connectivity index (χ2v) is 5.30. The van der Waals surface area contributed by atoms with Crippen molar-refractivity contribution in [3.63, 3.8) is 0 Å². The number of nitrogens with two attached hydrogens (primary N) is 1. The third-order valence-corrected chi connectivity index (χ3v) is 3.73. The molecule has 1 aliphatic rings. The van der Waals surface area contributed by atoms with Gasteiger partial charge in [-0.1, -0.05) is 29.8 Å². The van der Waals surface area contributed by atoms with E-state index in [1.54, 1.807) is 18.2 Å². The van der Waals surface area contributed by atoms with Crippen LogP contribution in [-0.2, 0) is 0 Å². The van der Waals surface area contributed by atoms with Crippen LogP contribution in [0, 0.1) is 0 Å². The number of para-hydroxylation sites is 1. The molecule has 3 nitrogen and oxygen atoms in total. The lowest BCUT2D eigenvalue weighted by atomic mass is 9.94. The number of benzene rings is 2. The van der Waals surface area contributed by atoms with E-state index in [9.17, 15) is 0 Å². The van der Waals surface area contributed by atoms with Gasteiger partial charge >= 0.3 is 0 Å². The van der Waals surface area contributed by atoms with Crippen LogP contribution in [0.4, 0.5) is 5.69 Å². The molecule has 4 heteroatoms. The van der Waals surface area contributed by atoms with E-state index in [1.807, 2.05) is 18.2 Å². The molecule has 0 saturated carbocycles. The monoisotopic (exact) mass is 289 g/mol. The minimum Gasteiger partial charge on any atom is -0.493 e. The predicted molar refractivity (Wildman–Crippen MR) is 80.7 cm³/mol. The summed E-state index contributed by atoms with van der Waals surface area (Å²) < 4.78 is 11.5. The van der Waals surface area contributed by atoms with Gasteiger partial charge in [0.05, 0.1) is 18.9 Å². The first-order chi connectivity index (χ1) is 9.74. The molecule has 20 heavy (non-hydrogen) atoms. The highest BCUT2D eigenvalue weighted by Crippen LogP contribution is 2.34. The molecule has 0 amide bonds. The van der Waals surface area contributed by atoms with Gasteiger partial charge in [-0.2, -0.15) is 0 Å². The molecular weight excluding hydrogens is 274 g/mol. The first-order valence-corrected chi connectivity index (χ1v) is 7.01. The van der Waals surface area contributed by atoms with Crippen LogP contribution in [0.5, 0.6) is 11.5 Å². The number of halogens is 1. The summed E-state index contributed by atoms with van der Waals surface area (Å²) in [6.45, 7) is 1.29. The van der Waals surface area contributed by atoms with Gasteiger partial charge in [-0.05, 0) is 24.6 Å². The average molecular weight is 290 g/mol. The van der Waals surface area contributed by atoms with Crippen molar-refractivity contribution in [3.8, 4) is 11.5 Å². The fraction of sp³-hybridized carbons (Fsp3) is 0.250. The van der Waals surface area contributed by atoms with Crippen LogP contribution in [-0.4, -0.2) is 13.2 Å². The Morgan fingerprint density at radius 2 is 2.10 bits per heavy atom. The van der Waals surface area contributed by atoms with Crippen molar-refractivity contribution in [2.75, 3.05) is 18.9 Å². The van der Waals surface area contributed by atoms with Crippen molar-refractivity contribution in [3.05, 3.63) is 53.1 Å². The predicted octanol–water partition coefficient (Wildman–Crippen LogP) is 3.87. The summed E-state index contributed by atoms with van der Waals surface area (Å²) in [4.78, 5) is 0. The number of fused-ring (bicyclic) bond motifs is 1. The topological polar surface area (TPSA) is 44.5 Å². The standard InChI is InChI=1S/C16H16ClNO2/c17-12-5-6-14(18)16(9-12)20-10-11-7-8-19-15-4-2-1-3-13(11)15/h1-6,9,11H,7-8,10,18H2. The molecule has 3 rings (SSSR count). The summed E-state index contributed by atoms with van der Waals surface area (Å²) in [6.07, 6.45) is 0.942. The summed E-state index contributed by atoms with van der Waals surface area (Å²) in [6, 6.07) is 13.4. The van der Waals surface area contributed by atoms with Crippen LogP contribution < -0.4 is 15.2 Å². The summed E-state index contributed by atoms with van der Waals surface area (Å²) in [5, 5.41) is 0.626. The summed E-state index contributed by atoms with van der Waals surface area (Å²) in [5.74, 6) is 1.91. The number of anilines is 1. The maximum atomic E-state index is 5.96. The van der Waals surface area contributed by atoms with Crippen molar-refractivity contribution < 1.29 is 9.47 Å². The number of hydrogen-bond acceptors (Lipinski definition) is 3. The average Bonchev–Trinajstić information content (AvgIpc) is 2.48. The van der Waals surface area contributed by atoms with Crippen molar-refractivity contribution in [2.45, 2.75) is 12.3 Å². The Morgan fingerprint density at radius 3 is 3.00 bits per heavy atom. The maximum Gasteiger partial charge on any atom is 0.143 e. The minimum absolute atomic E-state index is 0.318. The lowest BCUT2D eigenvalue weighted by Crippen LogP contribution is -2.19. The first kappa shape index (κ1) is 13.1. The molecule has 2 aromatic carbocycles. The molecule has 0 bridgehead atoms. The largest absolute Gasteiger partial charge is 0.493 e. The second-order valence-electron chi connectivity index (χ2n) is 4.87. The van der Waals surface area contributed by atoms with Crippen molar-refractivity contribution in [2.24, 2.45) is 0 Å². The fourth-order valence-electron chi connectivity index (χ4n) is 2.41. The van der Waals surface area contributed by atoms with E-state index < -0.39 is 0 Å². The maximum absolute atomic E-state index is 5.96. The molecule has 1 aliphatic heterocycles. The van der Waals surface area contributed by atoms with Crippen molar-refractivity contribution in [1.29, 1.82) is 0 Å². The molecule has 1 atom stereocenters. The van der Waals surface area contributed by atoms with Gasteiger partial charge in [0.2, 0.25) is 0 Å². The molecule has 0 aromatic heterocycles. The van der Waals surface area contributed by atoms with Gasteiger partial charge in [0, 0.05) is 22.6 Å². The molecule has 0 aliphatic carbocycles. The summed E-state index contributed by atoms with van der Waals surface area (Å²) >= 11 is 5.96. The van der Waals surface area contributed by atoms with E-state index in [0.717, 1.165) is 18.8 Å². The van der Waals surface area contributed by atoms with Crippen LogP contribution in [0.2, 0.25) is 5.02 Å².